The molecule has 1 fully saturated rings. The van der Waals surface area contributed by atoms with E-state index in [1.807, 2.05) is 0 Å². The molecule has 0 bridgehead atoms. The largest absolute Gasteiger partial charge is 0.394 e. The summed E-state index contributed by atoms with van der Waals surface area (Å²) in [5.74, 6) is 0. The van der Waals surface area contributed by atoms with Crippen molar-refractivity contribution in [2.75, 3.05) is 33.2 Å². The van der Waals surface area contributed by atoms with E-state index in [1.165, 1.54) is 0 Å². The van der Waals surface area contributed by atoms with Gasteiger partial charge in [0.25, 0.3) is 0 Å². The molecule has 56 valence electrons. The zero-order valence-corrected chi connectivity index (χ0v) is 5.25. The number of ether oxygens (including phenoxy) is 2. The van der Waals surface area contributed by atoms with Crippen LogP contribution in [0.4, 0.5) is 0 Å². The normalized spacial score (nSPS) is 16.7. The van der Waals surface area contributed by atoms with Crippen LogP contribution in [0.3, 0.4) is 0 Å². The highest BCUT2D eigenvalue weighted by Crippen LogP contribution is 1.85. The molecule has 2 N–H and O–H groups in total. The topological polar surface area (TPSA) is 58.9 Å². The standard InChI is InChI=1S/C3H6O2.C2H6O2/c1-2-5-3-4-1;3-1-2-4/h1-3H2;3-4H,1-2H2. The van der Waals surface area contributed by atoms with Crippen LogP contribution >= 0.6 is 0 Å². The van der Waals surface area contributed by atoms with Crippen LogP contribution in [0.15, 0.2) is 0 Å². The van der Waals surface area contributed by atoms with Gasteiger partial charge < -0.3 is 19.7 Å². The van der Waals surface area contributed by atoms with Gasteiger partial charge in [-0.1, -0.05) is 0 Å². The van der Waals surface area contributed by atoms with Crippen LogP contribution < -0.4 is 0 Å². The number of aliphatic hydroxyl groups is 2. The molecule has 0 aromatic rings. The highest BCUT2D eigenvalue weighted by Gasteiger charge is 1.93. The molecule has 1 rings (SSSR count). The number of hydrogen-bond donors (Lipinski definition) is 2. The Morgan fingerprint density at radius 2 is 1.44 bits per heavy atom. The summed E-state index contributed by atoms with van der Waals surface area (Å²) < 4.78 is 9.44. The molecule has 0 aromatic carbocycles. The maximum Gasteiger partial charge on any atom is 0.146 e. The van der Waals surface area contributed by atoms with Crippen LogP contribution in [0.1, 0.15) is 0 Å². The molecule has 1 heterocycles. The summed E-state index contributed by atoms with van der Waals surface area (Å²) >= 11 is 0. The van der Waals surface area contributed by atoms with Crippen molar-refractivity contribution in [2.24, 2.45) is 0 Å². The lowest BCUT2D eigenvalue weighted by Crippen LogP contribution is -1.85. The van der Waals surface area contributed by atoms with E-state index in [9.17, 15) is 0 Å². The van der Waals surface area contributed by atoms with Gasteiger partial charge in [0, 0.05) is 0 Å². The zero-order valence-electron chi connectivity index (χ0n) is 5.25. The smallest absolute Gasteiger partial charge is 0.146 e. The first-order valence-electron chi connectivity index (χ1n) is 2.79. The monoisotopic (exact) mass is 136 g/mol. The molecule has 1 saturated heterocycles. The molecule has 0 amide bonds. The third kappa shape index (κ3) is 7.84. The van der Waals surface area contributed by atoms with Crippen molar-refractivity contribution < 1.29 is 19.7 Å². The van der Waals surface area contributed by atoms with E-state index >= 15 is 0 Å². The fourth-order valence-corrected chi connectivity index (χ4v) is 0.295. The van der Waals surface area contributed by atoms with Gasteiger partial charge in [-0.05, 0) is 0 Å². The first-order chi connectivity index (χ1) is 4.41. The van der Waals surface area contributed by atoms with E-state index in [4.69, 9.17) is 19.7 Å². The molecular weight excluding hydrogens is 124 g/mol. The molecule has 0 radical (unpaired) electrons. The van der Waals surface area contributed by atoms with Crippen LogP contribution in [0.2, 0.25) is 0 Å². The second-order valence-corrected chi connectivity index (χ2v) is 1.38. The number of aliphatic hydroxyl groups excluding tert-OH is 2. The molecule has 4 heteroatoms. The van der Waals surface area contributed by atoms with Gasteiger partial charge in [-0.2, -0.15) is 0 Å². The van der Waals surface area contributed by atoms with E-state index in [0.29, 0.717) is 6.79 Å². The van der Waals surface area contributed by atoms with E-state index in [0.717, 1.165) is 13.2 Å². The van der Waals surface area contributed by atoms with Crippen molar-refractivity contribution in [3.05, 3.63) is 0 Å². The summed E-state index contributed by atoms with van der Waals surface area (Å²) in [5, 5.41) is 15.2. The van der Waals surface area contributed by atoms with E-state index < -0.39 is 0 Å². The minimum Gasteiger partial charge on any atom is -0.394 e. The Morgan fingerprint density at radius 1 is 1.00 bits per heavy atom. The van der Waals surface area contributed by atoms with Gasteiger partial charge in [0.05, 0.1) is 26.4 Å². The van der Waals surface area contributed by atoms with Gasteiger partial charge in [-0.25, -0.2) is 0 Å². The van der Waals surface area contributed by atoms with Crippen molar-refractivity contribution in [2.45, 2.75) is 0 Å². The molecule has 0 unspecified atom stereocenters. The average Bonchev–Trinajstić information content (AvgIpc) is 2.43. The highest BCUT2D eigenvalue weighted by atomic mass is 16.7. The SMILES string of the molecule is C1COCO1.OCCO. The predicted molar refractivity (Wildman–Crippen MR) is 30.9 cm³/mol. The quantitative estimate of drug-likeness (QED) is 0.483. The summed E-state index contributed by atoms with van der Waals surface area (Å²) in [6, 6.07) is 0. The van der Waals surface area contributed by atoms with Gasteiger partial charge in [-0.3, -0.25) is 0 Å². The Labute approximate surface area is 54.0 Å². The van der Waals surface area contributed by atoms with Gasteiger partial charge in [0.15, 0.2) is 0 Å². The maximum absolute atomic E-state index is 7.62. The van der Waals surface area contributed by atoms with Crippen molar-refractivity contribution in [1.29, 1.82) is 0 Å². The summed E-state index contributed by atoms with van der Waals surface area (Å²) in [4.78, 5) is 0. The Balaban J connectivity index is 0.000000148. The molecule has 1 aliphatic rings. The van der Waals surface area contributed by atoms with Crippen LogP contribution in [0, 0.1) is 0 Å². The fraction of sp³-hybridized carbons (Fsp3) is 1.00. The van der Waals surface area contributed by atoms with Crippen molar-refractivity contribution in [3.8, 4) is 0 Å². The Morgan fingerprint density at radius 3 is 1.56 bits per heavy atom. The number of hydrogen-bond acceptors (Lipinski definition) is 4. The summed E-state index contributed by atoms with van der Waals surface area (Å²) in [5.41, 5.74) is 0. The lowest BCUT2D eigenvalue weighted by Gasteiger charge is -1.76. The Bertz CT molecular complexity index is 34.6. The molecule has 4 nitrogen and oxygen atoms in total. The summed E-state index contributed by atoms with van der Waals surface area (Å²) in [6.45, 7) is 1.81. The Hall–Kier alpha value is -0.160. The summed E-state index contributed by atoms with van der Waals surface area (Å²) in [7, 11) is 0. The second kappa shape index (κ2) is 7.84. The van der Waals surface area contributed by atoms with Crippen LogP contribution in [-0.2, 0) is 9.47 Å². The van der Waals surface area contributed by atoms with Crippen molar-refractivity contribution in [3.63, 3.8) is 0 Å². The summed E-state index contributed by atoms with van der Waals surface area (Å²) in [6.07, 6.45) is 0. The average molecular weight is 136 g/mol. The van der Waals surface area contributed by atoms with E-state index in [2.05, 4.69) is 0 Å². The highest BCUT2D eigenvalue weighted by molar-refractivity contribution is 4.28. The van der Waals surface area contributed by atoms with Crippen LogP contribution in [-0.4, -0.2) is 43.4 Å². The minimum atomic E-state index is -0.125. The van der Waals surface area contributed by atoms with Gasteiger partial charge in [-0.15, -0.1) is 0 Å². The maximum atomic E-state index is 7.62. The zero-order chi connectivity index (χ0) is 6.95. The van der Waals surface area contributed by atoms with E-state index in [-0.39, 0.29) is 13.2 Å². The third-order valence-corrected chi connectivity index (χ3v) is 0.639. The first kappa shape index (κ1) is 8.84. The molecular formula is C5H12O4. The molecule has 0 aliphatic carbocycles. The van der Waals surface area contributed by atoms with Gasteiger partial charge >= 0.3 is 0 Å². The minimum absolute atomic E-state index is 0.125. The van der Waals surface area contributed by atoms with Gasteiger partial charge in [0.2, 0.25) is 0 Å². The first-order valence-corrected chi connectivity index (χ1v) is 2.79. The van der Waals surface area contributed by atoms with Crippen molar-refractivity contribution >= 4 is 0 Å². The van der Waals surface area contributed by atoms with Crippen molar-refractivity contribution in [1.82, 2.24) is 0 Å². The number of rotatable bonds is 1. The Kier molecular flexibility index (Phi) is 7.70. The molecule has 9 heavy (non-hydrogen) atoms. The molecule has 0 aromatic heterocycles. The van der Waals surface area contributed by atoms with Crippen LogP contribution in [0.25, 0.3) is 0 Å². The molecule has 1 aliphatic heterocycles. The second-order valence-electron chi connectivity index (χ2n) is 1.38. The molecule has 0 atom stereocenters. The lowest BCUT2D eigenvalue weighted by atomic mass is 10.8. The van der Waals surface area contributed by atoms with Gasteiger partial charge in [0.1, 0.15) is 6.79 Å². The lowest BCUT2D eigenvalue weighted by molar-refractivity contribution is 0.0692. The van der Waals surface area contributed by atoms with E-state index in [1.54, 1.807) is 0 Å². The van der Waals surface area contributed by atoms with Crippen LogP contribution in [0.5, 0.6) is 0 Å². The fourth-order valence-electron chi connectivity index (χ4n) is 0.295. The predicted octanol–water partition coefficient (Wildman–Crippen LogP) is -1.04. The molecule has 0 saturated carbocycles. The molecule has 0 spiro atoms. The third-order valence-electron chi connectivity index (χ3n) is 0.639.